The van der Waals surface area contributed by atoms with Crippen molar-refractivity contribution < 1.29 is 4.74 Å². The summed E-state index contributed by atoms with van der Waals surface area (Å²) in [5.74, 6) is 0.814. The summed E-state index contributed by atoms with van der Waals surface area (Å²) in [6.45, 7) is 5.27. The van der Waals surface area contributed by atoms with Crippen molar-refractivity contribution in [2.75, 3.05) is 0 Å². The molecule has 102 valence electrons. The molecule has 0 radical (unpaired) electrons. The van der Waals surface area contributed by atoms with Crippen molar-refractivity contribution in [3.63, 3.8) is 0 Å². The Hall–Kier alpha value is -1.33. The average molecular weight is 324 g/mol. The molecule has 0 aliphatic rings. The zero-order chi connectivity index (χ0) is 13.8. The zero-order valence-electron chi connectivity index (χ0n) is 11.1. The van der Waals surface area contributed by atoms with E-state index in [1.165, 1.54) is 0 Å². The number of nitrogens with zero attached hydrogens (tertiary/aromatic N) is 2. The minimum atomic E-state index is 0.379. The molecule has 19 heavy (non-hydrogen) atoms. The number of ether oxygens (including phenoxy) is 1. The van der Waals surface area contributed by atoms with E-state index < -0.39 is 0 Å². The second-order valence-electron chi connectivity index (χ2n) is 4.64. The van der Waals surface area contributed by atoms with Crippen molar-refractivity contribution in [2.45, 2.75) is 33.0 Å². The minimum absolute atomic E-state index is 0.379. The Morgan fingerprint density at radius 1 is 1.42 bits per heavy atom. The van der Waals surface area contributed by atoms with Crippen LogP contribution in [0.15, 0.2) is 35.2 Å². The fraction of sp³-hybridized carbons (Fsp3) is 0.357. The van der Waals surface area contributed by atoms with Crippen molar-refractivity contribution >= 4 is 15.9 Å². The predicted molar refractivity (Wildman–Crippen MR) is 79.0 cm³/mol. The molecule has 0 aliphatic carbocycles. The molecule has 0 bridgehead atoms. The summed E-state index contributed by atoms with van der Waals surface area (Å²) < 4.78 is 8.84. The highest BCUT2D eigenvalue weighted by atomic mass is 79.9. The van der Waals surface area contributed by atoms with Crippen molar-refractivity contribution in [3.05, 3.63) is 46.5 Å². The van der Waals surface area contributed by atoms with Gasteiger partial charge in [0.15, 0.2) is 0 Å². The Bertz CT molecular complexity index is 551. The molecule has 0 spiro atoms. The number of aromatic nitrogens is 2. The highest BCUT2D eigenvalue weighted by molar-refractivity contribution is 9.10. The summed E-state index contributed by atoms with van der Waals surface area (Å²) in [5, 5.41) is 0. The molecule has 5 heteroatoms. The molecule has 0 saturated heterocycles. The van der Waals surface area contributed by atoms with E-state index in [9.17, 15) is 0 Å². The second-order valence-corrected chi connectivity index (χ2v) is 5.50. The number of hydrogen-bond acceptors (Lipinski definition) is 3. The van der Waals surface area contributed by atoms with Gasteiger partial charge in [-0.3, -0.25) is 0 Å². The van der Waals surface area contributed by atoms with E-state index in [2.05, 4.69) is 39.3 Å². The molecule has 2 N–H and O–H groups in total. The van der Waals surface area contributed by atoms with Gasteiger partial charge in [-0.15, -0.1) is 0 Å². The van der Waals surface area contributed by atoms with Gasteiger partial charge < -0.3 is 15.0 Å². The van der Waals surface area contributed by atoms with Crippen LogP contribution in [0.3, 0.4) is 0 Å². The van der Waals surface area contributed by atoms with Gasteiger partial charge in [0, 0.05) is 12.6 Å². The number of imidazole rings is 1. The van der Waals surface area contributed by atoms with Crippen LogP contribution in [0, 0.1) is 0 Å². The van der Waals surface area contributed by atoms with Crippen LogP contribution in [0.5, 0.6) is 5.75 Å². The predicted octanol–water partition coefficient (Wildman–Crippen LogP) is 3.26. The van der Waals surface area contributed by atoms with E-state index in [0.29, 0.717) is 19.2 Å². The number of nitrogens with two attached hydrogens (primary N) is 1. The molecule has 1 heterocycles. The molecule has 0 aliphatic heterocycles. The van der Waals surface area contributed by atoms with Gasteiger partial charge in [0.05, 0.1) is 22.7 Å². The summed E-state index contributed by atoms with van der Waals surface area (Å²) in [6, 6.07) is 6.27. The van der Waals surface area contributed by atoms with Gasteiger partial charge in [-0.1, -0.05) is 6.07 Å². The fourth-order valence-electron chi connectivity index (χ4n) is 1.85. The molecule has 0 unspecified atom stereocenters. The third-order valence-corrected chi connectivity index (χ3v) is 3.53. The quantitative estimate of drug-likeness (QED) is 0.918. The second kappa shape index (κ2) is 6.21. The Balaban J connectivity index is 2.08. The van der Waals surface area contributed by atoms with E-state index in [1.807, 2.05) is 30.7 Å². The Kier molecular flexibility index (Phi) is 4.61. The molecule has 1 aromatic heterocycles. The first-order valence-corrected chi connectivity index (χ1v) is 7.03. The molecular weight excluding hydrogens is 306 g/mol. The third kappa shape index (κ3) is 3.36. The number of benzene rings is 1. The van der Waals surface area contributed by atoms with Crippen LogP contribution in [0.1, 0.15) is 31.1 Å². The number of rotatable bonds is 5. The molecule has 0 saturated carbocycles. The molecule has 0 atom stereocenters. The van der Waals surface area contributed by atoms with Crippen LogP contribution in [0.2, 0.25) is 0 Å². The van der Waals surface area contributed by atoms with Crippen LogP contribution in [0.25, 0.3) is 0 Å². The lowest BCUT2D eigenvalue weighted by Crippen LogP contribution is -2.07. The minimum Gasteiger partial charge on any atom is -0.486 e. The largest absolute Gasteiger partial charge is 0.486 e. The van der Waals surface area contributed by atoms with E-state index in [1.54, 1.807) is 0 Å². The summed E-state index contributed by atoms with van der Waals surface area (Å²) >= 11 is 3.50. The molecule has 2 rings (SSSR count). The molecule has 1 aromatic carbocycles. The fourth-order valence-corrected chi connectivity index (χ4v) is 2.39. The first-order valence-electron chi connectivity index (χ1n) is 6.23. The average Bonchev–Trinajstić information content (AvgIpc) is 2.85. The maximum Gasteiger partial charge on any atom is 0.134 e. The third-order valence-electron chi connectivity index (χ3n) is 2.91. The van der Waals surface area contributed by atoms with E-state index in [0.717, 1.165) is 21.5 Å². The van der Waals surface area contributed by atoms with Crippen LogP contribution >= 0.6 is 15.9 Å². The van der Waals surface area contributed by atoms with Gasteiger partial charge in [-0.2, -0.15) is 0 Å². The maximum atomic E-state index is 5.82. The molecule has 0 fully saturated rings. The topological polar surface area (TPSA) is 53.1 Å². The lowest BCUT2D eigenvalue weighted by atomic mass is 10.2. The van der Waals surface area contributed by atoms with Gasteiger partial charge in [0.2, 0.25) is 0 Å². The summed E-state index contributed by atoms with van der Waals surface area (Å²) in [5.41, 5.74) is 7.74. The van der Waals surface area contributed by atoms with E-state index in [-0.39, 0.29) is 0 Å². The first-order chi connectivity index (χ1) is 9.11. The van der Waals surface area contributed by atoms with Gasteiger partial charge in [-0.05, 0) is 47.5 Å². The van der Waals surface area contributed by atoms with E-state index >= 15 is 0 Å². The Morgan fingerprint density at radius 2 is 2.21 bits per heavy atom. The highest BCUT2D eigenvalue weighted by Gasteiger charge is 2.07. The normalized spacial score (nSPS) is 11.0. The first kappa shape index (κ1) is 14.1. The molecule has 4 nitrogen and oxygen atoms in total. The van der Waals surface area contributed by atoms with E-state index in [4.69, 9.17) is 10.5 Å². The van der Waals surface area contributed by atoms with Crippen molar-refractivity contribution in [1.82, 2.24) is 9.55 Å². The van der Waals surface area contributed by atoms with Crippen LogP contribution in [0.4, 0.5) is 0 Å². The standard InChI is InChI=1S/C14H18BrN3O/c1-10(2)18-9-17-7-12(18)8-19-14-4-3-11(6-16)5-13(14)15/h3-5,7,9-10H,6,8,16H2,1-2H3. The smallest absolute Gasteiger partial charge is 0.134 e. The maximum absolute atomic E-state index is 5.82. The van der Waals surface area contributed by atoms with Gasteiger partial charge in [0.1, 0.15) is 12.4 Å². The summed E-state index contributed by atoms with van der Waals surface area (Å²) in [6.07, 6.45) is 3.66. The zero-order valence-corrected chi connectivity index (χ0v) is 12.7. The van der Waals surface area contributed by atoms with Crippen LogP contribution in [-0.2, 0) is 13.2 Å². The van der Waals surface area contributed by atoms with Gasteiger partial charge in [0.25, 0.3) is 0 Å². The van der Waals surface area contributed by atoms with Crippen LogP contribution < -0.4 is 10.5 Å². The Labute approximate surface area is 121 Å². The lowest BCUT2D eigenvalue weighted by molar-refractivity contribution is 0.290. The molecule has 0 amide bonds. The van der Waals surface area contributed by atoms with Crippen molar-refractivity contribution in [3.8, 4) is 5.75 Å². The summed E-state index contributed by atoms with van der Waals surface area (Å²) in [4.78, 5) is 4.16. The monoisotopic (exact) mass is 323 g/mol. The van der Waals surface area contributed by atoms with Crippen molar-refractivity contribution in [1.29, 1.82) is 0 Å². The molecule has 2 aromatic rings. The lowest BCUT2D eigenvalue weighted by Gasteiger charge is -2.13. The highest BCUT2D eigenvalue weighted by Crippen LogP contribution is 2.26. The van der Waals surface area contributed by atoms with Gasteiger partial charge in [-0.25, -0.2) is 4.98 Å². The Morgan fingerprint density at radius 3 is 2.84 bits per heavy atom. The number of hydrogen-bond donors (Lipinski definition) is 1. The molecular formula is C14H18BrN3O. The number of halogens is 1. The van der Waals surface area contributed by atoms with Crippen LogP contribution in [-0.4, -0.2) is 9.55 Å². The van der Waals surface area contributed by atoms with Gasteiger partial charge >= 0.3 is 0 Å². The summed E-state index contributed by atoms with van der Waals surface area (Å²) in [7, 11) is 0. The SMILES string of the molecule is CC(C)n1cncc1COc1ccc(CN)cc1Br. The van der Waals surface area contributed by atoms with Crippen molar-refractivity contribution in [2.24, 2.45) is 5.73 Å².